The molecule has 3 rings (SSSR count). The predicted octanol–water partition coefficient (Wildman–Crippen LogP) is 4.18. The van der Waals surface area contributed by atoms with Crippen molar-refractivity contribution in [2.24, 2.45) is 5.92 Å². The molecular weight excluding hydrogens is 264 g/mol. The van der Waals surface area contributed by atoms with Crippen LogP contribution in [0.25, 0.3) is 11.0 Å². The van der Waals surface area contributed by atoms with Crippen molar-refractivity contribution >= 4 is 17.0 Å². The van der Waals surface area contributed by atoms with E-state index in [1.54, 1.807) is 12.1 Å². The fraction of sp³-hybridized carbons (Fsp3) is 0.529. The van der Waals surface area contributed by atoms with Gasteiger partial charge < -0.3 is 9.67 Å². The summed E-state index contributed by atoms with van der Waals surface area (Å²) < 4.78 is 2.18. The van der Waals surface area contributed by atoms with Gasteiger partial charge in [0.1, 0.15) is 5.82 Å². The number of nitrogens with zero attached hydrogens (tertiary/aromatic N) is 2. The van der Waals surface area contributed by atoms with Crippen LogP contribution in [0.3, 0.4) is 0 Å². The third kappa shape index (κ3) is 2.43. The number of imidazole rings is 1. The molecule has 1 heterocycles. The molecule has 1 fully saturated rings. The third-order valence-electron chi connectivity index (χ3n) is 4.81. The van der Waals surface area contributed by atoms with Crippen LogP contribution in [0.1, 0.15) is 61.3 Å². The van der Waals surface area contributed by atoms with Gasteiger partial charge in [-0.05, 0) is 37.8 Å². The van der Waals surface area contributed by atoms with Gasteiger partial charge in [0.2, 0.25) is 0 Å². The van der Waals surface area contributed by atoms with Crippen LogP contribution in [0.2, 0.25) is 0 Å². The van der Waals surface area contributed by atoms with Gasteiger partial charge in [0, 0.05) is 6.04 Å². The Kier molecular flexibility index (Phi) is 3.70. The molecule has 0 spiro atoms. The van der Waals surface area contributed by atoms with Crippen molar-refractivity contribution in [2.75, 3.05) is 0 Å². The number of hydrogen-bond donors (Lipinski definition) is 1. The first kappa shape index (κ1) is 14.1. The molecule has 2 atom stereocenters. The number of hydrogen-bond acceptors (Lipinski definition) is 2. The number of carbonyl (C=O) groups is 1. The van der Waals surface area contributed by atoms with Gasteiger partial charge in [0.05, 0.1) is 16.6 Å². The molecule has 0 radical (unpaired) electrons. The second-order valence-corrected chi connectivity index (χ2v) is 6.10. The van der Waals surface area contributed by atoms with Gasteiger partial charge >= 0.3 is 5.97 Å². The highest BCUT2D eigenvalue weighted by Gasteiger charge is 2.26. The summed E-state index contributed by atoms with van der Waals surface area (Å²) in [6, 6.07) is 5.75. The molecule has 1 aliphatic rings. The first-order chi connectivity index (χ1) is 10.1. The van der Waals surface area contributed by atoms with Crippen LogP contribution >= 0.6 is 0 Å². The molecule has 1 N–H and O–H groups in total. The Balaban J connectivity index is 2.13. The van der Waals surface area contributed by atoms with Crippen LogP contribution in [-0.4, -0.2) is 20.6 Å². The smallest absolute Gasteiger partial charge is 0.337 e. The maximum absolute atomic E-state index is 11.5. The lowest BCUT2D eigenvalue weighted by molar-refractivity contribution is 0.0698. The van der Waals surface area contributed by atoms with Gasteiger partial charge in [-0.15, -0.1) is 0 Å². The number of fused-ring (bicyclic) bond motifs is 1. The molecule has 2 unspecified atom stereocenters. The van der Waals surface area contributed by atoms with E-state index >= 15 is 0 Å². The summed E-state index contributed by atoms with van der Waals surface area (Å²) in [5.41, 5.74) is 1.96. The van der Waals surface area contributed by atoms with Crippen molar-refractivity contribution in [3.05, 3.63) is 29.6 Å². The van der Waals surface area contributed by atoms with E-state index in [2.05, 4.69) is 16.5 Å². The topological polar surface area (TPSA) is 55.1 Å². The van der Waals surface area contributed by atoms with Crippen LogP contribution in [0.4, 0.5) is 0 Å². The number of benzene rings is 1. The highest BCUT2D eigenvalue weighted by Crippen LogP contribution is 2.37. The van der Waals surface area contributed by atoms with Crippen molar-refractivity contribution in [1.29, 1.82) is 0 Å². The average Bonchev–Trinajstić information content (AvgIpc) is 2.82. The van der Waals surface area contributed by atoms with E-state index in [9.17, 15) is 9.90 Å². The molecular formula is C17H22N2O2. The molecule has 1 aliphatic carbocycles. The van der Waals surface area contributed by atoms with Crippen LogP contribution in [0, 0.1) is 12.8 Å². The molecule has 1 aromatic heterocycles. The van der Waals surface area contributed by atoms with E-state index < -0.39 is 5.97 Å². The highest BCUT2D eigenvalue weighted by atomic mass is 16.4. The molecule has 2 aromatic rings. The zero-order chi connectivity index (χ0) is 15.0. The highest BCUT2D eigenvalue weighted by molar-refractivity contribution is 6.01. The Morgan fingerprint density at radius 2 is 2.24 bits per heavy atom. The van der Waals surface area contributed by atoms with E-state index in [0.29, 0.717) is 11.6 Å². The Labute approximate surface area is 124 Å². The molecule has 0 aliphatic heterocycles. The maximum atomic E-state index is 11.5. The number of aromatic carboxylic acids is 1. The van der Waals surface area contributed by atoms with Crippen LogP contribution in [0.5, 0.6) is 0 Å². The van der Waals surface area contributed by atoms with E-state index in [1.807, 2.05) is 13.0 Å². The quantitative estimate of drug-likeness (QED) is 0.920. The number of para-hydroxylation sites is 1. The first-order valence-corrected chi connectivity index (χ1v) is 7.82. The Morgan fingerprint density at radius 1 is 1.43 bits per heavy atom. The zero-order valence-electron chi connectivity index (χ0n) is 12.7. The van der Waals surface area contributed by atoms with Gasteiger partial charge in [-0.2, -0.15) is 0 Å². The predicted molar refractivity (Wildman–Crippen MR) is 82.7 cm³/mol. The van der Waals surface area contributed by atoms with E-state index in [4.69, 9.17) is 0 Å². The van der Waals surface area contributed by atoms with E-state index in [0.717, 1.165) is 35.6 Å². The SMILES string of the molecule is CCC1CCCC(n2c(C)nc3cccc(C(=O)O)c32)C1. The molecule has 0 amide bonds. The van der Waals surface area contributed by atoms with Crippen LogP contribution < -0.4 is 0 Å². The van der Waals surface area contributed by atoms with Gasteiger partial charge in [-0.1, -0.05) is 32.3 Å². The van der Waals surface area contributed by atoms with Gasteiger partial charge in [-0.25, -0.2) is 9.78 Å². The molecule has 112 valence electrons. The summed E-state index contributed by atoms with van der Waals surface area (Å²) in [7, 11) is 0. The van der Waals surface area contributed by atoms with Crippen molar-refractivity contribution in [2.45, 2.75) is 52.0 Å². The van der Waals surface area contributed by atoms with Gasteiger partial charge in [-0.3, -0.25) is 0 Å². The largest absolute Gasteiger partial charge is 0.478 e. The van der Waals surface area contributed by atoms with Crippen molar-refractivity contribution in [1.82, 2.24) is 9.55 Å². The van der Waals surface area contributed by atoms with Gasteiger partial charge in [0.15, 0.2) is 0 Å². The number of rotatable bonds is 3. The first-order valence-electron chi connectivity index (χ1n) is 7.82. The minimum absolute atomic E-state index is 0.367. The summed E-state index contributed by atoms with van der Waals surface area (Å²) in [5, 5.41) is 9.47. The molecule has 0 saturated heterocycles. The van der Waals surface area contributed by atoms with Crippen molar-refractivity contribution < 1.29 is 9.90 Å². The minimum Gasteiger partial charge on any atom is -0.478 e. The van der Waals surface area contributed by atoms with E-state index in [1.165, 1.54) is 19.3 Å². The maximum Gasteiger partial charge on any atom is 0.337 e. The molecule has 1 aromatic carbocycles. The van der Waals surface area contributed by atoms with Gasteiger partial charge in [0.25, 0.3) is 0 Å². The summed E-state index contributed by atoms with van der Waals surface area (Å²) in [5.74, 6) is 0.808. The second kappa shape index (κ2) is 5.51. The van der Waals surface area contributed by atoms with Crippen LogP contribution in [0.15, 0.2) is 18.2 Å². The summed E-state index contributed by atoms with van der Waals surface area (Å²) in [6.07, 6.45) is 5.98. The van der Waals surface area contributed by atoms with E-state index in [-0.39, 0.29) is 0 Å². The molecule has 1 saturated carbocycles. The average molecular weight is 286 g/mol. The van der Waals surface area contributed by atoms with Crippen molar-refractivity contribution in [3.8, 4) is 0 Å². The third-order valence-corrected chi connectivity index (χ3v) is 4.81. The van der Waals surface area contributed by atoms with Crippen LogP contribution in [-0.2, 0) is 0 Å². The number of carboxylic acid groups (broad SMARTS) is 1. The number of aromatic nitrogens is 2. The zero-order valence-corrected chi connectivity index (χ0v) is 12.7. The Morgan fingerprint density at radius 3 is 2.95 bits per heavy atom. The lowest BCUT2D eigenvalue weighted by Gasteiger charge is -2.30. The lowest BCUT2D eigenvalue weighted by Crippen LogP contribution is -2.20. The molecule has 4 heteroatoms. The molecule has 4 nitrogen and oxygen atoms in total. The molecule has 0 bridgehead atoms. The minimum atomic E-state index is -0.871. The van der Waals surface area contributed by atoms with Crippen molar-refractivity contribution in [3.63, 3.8) is 0 Å². The Hall–Kier alpha value is -1.84. The second-order valence-electron chi connectivity index (χ2n) is 6.10. The number of aryl methyl sites for hydroxylation is 1. The monoisotopic (exact) mass is 286 g/mol. The Bertz CT molecular complexity index is 675. The number of carboxylic acids is 1. The molecule has 21 heavy (non-hydrogen) atoms. The summed E-state index contributed by atoms with van der Waals surface area (Å²) in [4.78, 5) is 16.1. The lowest BCUT2D eigenvalue weighted by atomic mass is 9.84. The fourth-order valence-corrected chi connectivity index (χ4v) is 3.75. The standard InChI is InChI=1S/C17H22N2O2/c1-3-12-6-4-7-13(10-12)19-11(2)18-15-9-5-8-14(16(15)19)17(20)21/h5,8-9,12-13H,3-4,6-7,10H2,1-2H3,(H,20,21). The fourth-order valence-electron chi connectivity index (χ4n) is 3.75. The summed E-state index contributed by atoms with van der Waals surface area (Å²) in [6.45, 7) is 4.23. The summed E-state index contributed by atoms with van der Waals surface area (Å²) >= 11 is 0. The normalized spacial score (nSPS) is 22.6.